The van der Waals surface area contributed by atoms with Crippen LogP contribution in [0.1, 0.15) is 31.3 Å². The van der Waals surface area contributed by atoms with Gasteiger partial charge in [-0.1, -0.05) is 109 Å². The molecule has 0 saturated carbocycles. The van der Waals surface area contributed by atoms with Crippen LogP contribution in [0.15, 0.2) is 147 Å². The van der Waals surface area contributed by atoms with Gasteiger partial charge in [0.1, 0.15) is 56.2 Å². The molecule has 0 spiro atoms. The maximum absolute atomic E-state index is 11.4. The number of nitrogen functional groups attached to an aromatic ring is 1. The summed E-state index contributed by atoms with van der Waals surface area (Å²) in [6.07, 6.45) is 14.7. The first-order valence-electron chi connectivity index (χ1n) is 21.3. The maximum Gasteiger partial charge on any atom is 1.00 e. The van der Waals surface area contributed by atoms with Gasteiger partial charge >= 0.3 is 53.1 Å². The number of aldehydes is 1. The molecule has 0 amide bonds. The number of fused-ring (bicyclic) bond motifs is 3. The summed E-state index contributed by atoms with van der Waals surface area (Å²) >= 11 is 55.3. The first-order valence-corrected chi connectivity index (χ1v) is 26.5. The van der Waals surface area contributed by atoms with Gasteiger partial charge < -0.3 is 37.8 Å². The number of Topliss-reactive ketones (excluding diaryl/α,β-unsaturated/α-hetero) is 1. The molecule has 7 aromatic heterocycles. The Bertz CT molecular complexity index is 3820. The van der Waals surface area contributed by atoms with E-state index in [9.17, 15) is 19.5 Å². The number of aromatic nitrogens is 7. The molecule has 0 unspecified atom stereocenters. The third kappa shape index (κ3) is 19.9. The van der Waals surface area contributed by atoms with Crippen molar-refractivity contribution in [3.8, 4) is 33.8 Å². The second-order valence-corrected chi connectivity index (χ2v) is 19.2. The van der Waals surface area contributed by atoms with Crippen LogP contribution in [0, 0.1) is 11.3 Å². The minimum Gasteiger partial charge on any atom is -0.544 e. The summed E-state index contributed by atoms with van der Waals surface area (Å²) in [7, 11) is 3.74. The summed E-state index contributed by atoms with van der Waals surface area (Å²) in [4.78, 5) is 50.0. The molecule has 32 heteroatoms. The maximum atomic E-state index is 11.4. The summed E-state index contributed by atoms with van der Waals surface area (Å²) in [6, 6.07) is 20.1. The fourth-order valence-corrected chi connectivity index (χ4v) is 8.06. The number of carboxylic acids is 1. The first-order chi connectivity index (χ1) is 37.7. The van der Waals surface area contributed by atoms with Crippen molar-refractivity contribution < 1.29 is 91.9 Å². The molecule has 3 N–H and O–H groups in total. The Balaban J connectivity index is 0.000000263. The number of benzene rings is 4. The normalized spacial score (nSPS) is 10.0. The van der Waals surface area contributed by atoms with Crippen LogP contribution in [-0.2, 0) is 0 Å². The van der Waals surface area contributed by atoms with Crippen LogP contribution >= 0.6 is 133 Å². The Morgan fingerprint density at radius 1 is 0.691 bits per heavy atom. The van der Waals surface area contributed by atoms with Crippen molar-refractivity contribution in [1.29, 1.82) is 0 Å². The number of carbonyl (C=O) groups excluding carboxylic acids is 2. The van der Waals surface area contributed by atoms with Crippen molar-refractivity contribution in [3.05, 3.63) is 186 Å². The number of imidazole rings is 3. The van der Waals surface area contributed by atoms with Crippen molar-refractivity contribution in [3.63, 3.8) is 0 Å². The molecule has 7 heterocycles. The van der Waals surface area contributed by atoms with E-state index in [1.165, 1.54) is 41.3 Å². The predicted octanol–water partition coefficient (Wildman–Crippen LogP) is 10.6. The van der Waals surface area contributed by atoms with Gasteiger partial charge in [0.25, 0.3) is 6.01 Å². The predicted molar refractivity (Wildman–Crippen MR) is 308 cm³/mol. The van der Waals surface area contributed by atoms with Crippen molar-refractivity contribution in [1.82, 2.24) is 33.1 Å². The van der Waals surface area contributed by atoms with E-state index in [2.05, 4.69) is 40.3 Å². The van der Waals surface area contributed by atoms with Crippen LogP contribution < -0.4 is 44.6 Å². The van der Waals surface area contributed by atoms with Crippen LogP contribution in [0.3, 0.4) is 0 Å². The number of carbonyl (C=O) groups is 3. The number of hydrogen-bond acceptors (Lipinski definition) is 14. The zero-order valence-electron chi connectivity index (χ0n) is 41.3. The topological polar surface area (TPSA) is 264 Å². The quantitative estimate of drug-likeness (QED) is 0.0375. The SMILES string of the molecule is C[N+](C)=CCl.Cl.Clc1ccc(Cl)c(-c2cn3ccoc3n2)c1.Nc1ncco1.O=C(CBr)c1cc(Cl)ccc1Cl.O=C(O)c1c(-c2cc(Cl)ccc2Cl)nc2occn12.O=Cc1c(-c2cc(Cl)ccc2Cl)nc2occn12.[Na+].[O-][Cl+][O-]. The number of aromatic carboxylic acids is 1. The smallest absolute Gasteiger partial charge is 0.544 e. The number of nitrogens with two attached hydrogens (primary N) is 1. The van der Waals surface area contributed by atoms with Gasteiger partial charge in [-0.2, -0.15) is 15.0 Å². The van der Waals surface area contributed by atoms with Gasteiger partial charge in [0, 0.05) is 67.1 Å². The van der Waals surface area contributed by atoms with Crippen LogP contribution in [-0.4, -0.2) is 86.0 Å². The van der Waals surface area contributed by atoms with E-state index in [0.717, 1.165) is 11.3 Å². The van der Waals surface area contributed by atoms with Gasteiger partial charge in [0.15, 0.2) is 17.8 Å². The number of hydrogen-bond donors (Lipinski definition) is 2. The summed E-state index contributed by atoms with van der Waals surface area (Å²) in [5, 5.41) is 13.6. The van der Waals surface area contributed by atoms with Crippen molar-refractivity contribution in [2.45, 2.75) is 0 Å². The molecule has 11 rings (SSSR count). The fourth-order valence-electron chi connectivity index (χ4n) is 6.22. The number of carboxylic acid groups (broad SMARTS) is 1. The van der Waals surface area contributed by atoms with E-state index in [-0.39, 0.29) is 76.3 Å². The summed E-state index contributed by atoms with van der Waals surface area (Å²) in [5.41, 5.74) is 10.6. The molecule has 420 valence electrons. The average molecular weight is 1400 g/mol. The van der Waals surface area contributed by atoms with Crippen LogP contribution in [0.25, 0.3) is 51.3 Å². The molecule has 19 nitrogen and oxygen atoms in total. The Labute approximate surface area is 544 Å². The minimum absolute atomic E-state index is 0. The van der Waals surface area contributed by atoms with Gasteiger partial charge in [-0.05, 0) is 84.4 Å². The third-order valence-electron chi connectivity index (χ3n) is 9.54. The van der Waals surface area contributed by atoms with Crippen molar-refractivity contribution >= 4 is 180 Å². The number of rotatable bonds is 7. The molecule has 0 aliphatic heterocycles. The number of ketones is 1. The molecular formula is C49H35BrCl11N9NaO10+. The zero-order chi connectivity index (χ0) is 57.9. The molecule has 11 aromatic rings. The van der Waals surface area contributed by atoms with Gasteiger partial charge in [-0.15, -0.1) is 12.4 Å². The molecule has 0 fully saturated rings. The van der Waals surface area contributed by atoms with Crippen LogP contribution in [0.4, 0.5) is 6.01 Å². The number of nitrogens with zero attached hydrogens (tertiary/aromatic N) is 8. The van der Waals surface area contributed by atoms with Gasteiger partial charge in [-0.25, -0.2) is 14.4 Å². The van der Waals surface area contributed by atoms with Crippen LogP contribution in [0.2, 0.25) is 40.2 Å². The Hall–Kier alpha value is -4.79. The minimum atomic E-state index is -1.13. The Morgan fingerprint density at radius 3 is 1.62 bits per heavy atom. The largest absolute Gasteiger partial charge is 1.00 e. The number of anilines is 1. The van der Waals surface area contributed by atoms with E-state index >= 15 is 0 Å². The van der Waals surface area contributed by atoms with E-state index in [1.807, 2.05) is 20.3 Å². The van der Waals surface area contributed by atoms with E-state index in [4.69, 9.17) is 133 Å². The van der Waals surface area contributed by atoms with E-state index in [0.29, 0.717) is 86.2 Å². The Morgan fingerprint density at radius 2 is 1.15 bits per heavy atom. The monoisotopic (exact) mass is 1400 g/mol. The molecule has 81 heavy (non-hydrogen) atoms. The molecule has 0 bridgehead atoms. The molecule has 0 atom stereocenters. The summed E-state index contributed by atoms with van der Waals surface area (Å²) < 4.78 is 42.8. The molecule has 0 aliphatic rings. The number of oxazole rings is 4. The summed E-state index contributed by atoms with van der Waals surface area (Å²) in [5.74, 6) is -0.139. The number of halogens is 12. The second kappa shape index (κ2) is 34.7. The van der Waals surface area contributed by atoms with Gasteiger partial charge in [-0.3, -0.25) is 22.8 Å². The Kier molecular flexibility index (Phi) is 30.2. The van der Waals surface area contributed by atoms with Gasteiger partial charge in [0.2, 0.25) is 5.67 Å². The molecule has 4 aromatic carbocycles. The fraction of sp³-hybridized carbons (Fsp3) is 0.0612. The molecule has 0 saturated heterocycles. The van der Waals surface area contributed by atoms with Crippen molar-refractivity contribution in [2.75, 3.05) is 25.2 Å². The number of alkyl halides is 1. The standard InChI is InChI=1S/C12H6Cl2N2O3.C12H6Cl2N2O2.C11H6Cl2N2O.C8H5BrCl2O.C3H7ClN.C3H4N2O.ClO2.ClH.Na/c13-6-1-2-8(14)7(5-6)9-10(11(17)18)16-3-4-19-12(16)15-9;13-7-1-2-9(14)8(5-7)11-10(6-17)16-3-4-18-12(16)15-11;12-7-1-2-9(13)8(5-7)10-6-15-3-4-16-11(15)14-10;9-4-8(12)6-3-5(10)1-2-7(6)11;1-5(2)3-4;4-3-5-1-2-6-3;2-1-3;;/h1-5H,(H,17,18);1-6H;1-6H;1-3H,4H2;3H,1-2H3;1-2H,(H2,4,5);;1H;/q;;;;+1;;-1;;+1. The van der Waals surface area contributed by atoms with E-state index < -0.39 is 17.3 Å². The van der Waals surface area contributed by atoms with Gasteiger partial charge in [0.05, 0.1) is 48.6 Å². The van der Waals surface area contributed by atoms with Crippen molar-refractivity contribution in [2.24, 2.45) is 0 Å². The molecule has 0 aliphatic carbocycles. The second-order valence-electron chi connectivity index (χ2n) is 15.0. The molecular weight excluding hydrogens is 1370 g/mol. The zero-order valence-corrected chi connectivity index (χ0v) is 53.3. The third-order valence-corrected chi connectivity index (χ3v) is 12.7. The molecule has 0 radical (unpaired) electrons. The average Bonchev–Trinajstić information content (AvgIpc) is 4.31. The first kappa shape index (κ1) is 70.5. The summed E-state index contributed by atoms with van der Waals surface area (Å²) in [6.45, 7) is 0. The van der Waals surface area contributed by atoms with E-state index in [1.54, 1.807) is 105 Å². The van der Waals surface area contributed by atoms with Crippen LogP contribution in [0.5, 0.6) is 0 Å².